The van der Waals surface area contributed by atoms with Crippen LogP contribution in [0.5, 0.6) is 5.75 Å². The summed E-state index contributed by atoms with van der Waals surface area (Å²) in [5, 5.41) is 0. The van der Waals surface area contributed by atoms with Gasteiger partial charge in [-0.05, 0) is 68.2 Å². The summed E-state index contributed by atoms with van der Waals surface area (Å²) >= 11 is 1.56. The highest BCUT2D eigenvalue weighted by atomic mass is 32.2. The Labute approximate surface area is 201 Å². The molecule has 4 nitrogen and oxygen atoms in total. The van der Waals surface area contributed by atoms with Gasteiger partial charge in [0.25, 0.3) is 0 Å². The molecule has 0 aromatic heterocycles. The van der Waals surface area contributed by atoms with Crippen LogP contribution in [0.3, 0.4) is 0 Å². The summed E-state index contributed by atoms with van der Waals surface area (Å²) in [6.07, 6.45) is 7.92. The van der Waals surface area contributed by atoms with E-state index in [4.69, 9.17) is 4.74 Å². The Kier molecular flexibility index (Phi) is 7.29. The predicted octanol–water partition coefficient (Wildman–Crippen LogP) is 6.85. The second-order valence-corrected chi connectivity index (χ2v) is 12.3. The lowest BCUT2D eigenvalue weighted by Gasteiger charge is -2.36. The van der Waals surface area contributed by atoms with Gasteiger partial charge in [0.1, 0.15) is 11.6 Å². The van der Waals surface area contributed by atoms with Crippen molar-refractivity contribution in [1.29, 1.82) is 0 Å². The second kappa shape index (κ2) is 9.87. The maximum Gasteiger partial charge on any atom is 0.181 e. The fourth-order valence-corrected chi connectivity index (χ4v) is 7.37. The number of rotatable bonds is 9. The van der Waals surface area contributed by atoms with Crippen LogP contribution in [0.15, 0.2) is 46.2 Å². The van der Waals surface area contributed by atoms with E-state index in [0.717, 1.165) is 36.3 Å². The number of thioether (sulfide) groups is 1. The topological polar surface area (TPSA) is 46.6 Å². The summed E-state index contributed by atoms with van der Waals surface area (Å²) in [7, 11) is -3.55. The Hall–Kier alpha value is -1.73. The van der Waals surface area contributed by atoms with Crippen LogP contribution in [-0.2, 0) is 9.84 Å². The predicted molar refractivity (Wildman–Crippen MR) is 134 cm³/mol. The van der Waals surface area contributed by atoms with Gasteiger partial charge in [-0.2, -0.15) is 0 Å². The Balaban J connectivity index is 1.87. The van der Waals surface area contributed by atoms with Crippen molar-refractivity contribution in [3.63, 3.8) is 0 Å². The molecule has 1 aliphatic carbocycles. The van der Waals surface area contributed by atoms with E-state index in [1.807, 2.05) is 12.3 Å². The fraction of sp³-hybridized carbons (Fsp3) is 0.538. The highest BCUT2D eigenvalue weighted by Gasteiger charge is 2.42. The molecule has 7 heteroatoms. The van der Waals surface area contributed by atoms with Gasteiger partial charge in [0.2, 0.25) is 0 Å². The number of hydrogen-bond acceptors (Lipinski definition) is 5. The zero-order chi connectivity index (χ0) is 23.6. The highest BCUT2D eigenvalue weighted by Crippen LogP contribution is 2.47. The Bertz CT molecular complexity index is 1080. The van der Waals surface area contributed by atoms with E-state index in [1.165, 1.54) is 25.0 Å². The molecule has 0 N–H and O–H groups in total. The van der Waals surface area contributed by atoms with Crippen molar-refractivity contribution in [3.8, 4) is 5.75 Å². The number of benzene rings is 2. The van der Waals surface area contributed by atoms with Crippen LogP contribution in [0.2, 0.25) is 0 Å². The van der Waals surface area contributed by atoms with E-state index in [-0.39, 0.29) is 17.0 Å². The molecule has 0 amide bonds. The molecule has 0 spiro atoms. The highest BCUT2D eigenvalue weighted by molar-refractivity contribution is 7.98. The molecule has 0 radical (unpaired) electrons. The minimum Gasteiger partial charge on any atom is -0.492 e. The number of unbranched alkanes of at least 4 members (excludes halogenated alkanes) is 1. The lowest BCUT2D eigenvalue weighted by molar-refractivity contribution is 0.290. The molecule has 1 heterocycles. The van der Waals surface area contributed by atoms with Gasteiger partial charge in [0.15, 0.2) is 9.84 Å². The van der Waals surface area contributed by atoms with Crippen molar-refractivity contribution in [2.24, 2.45) is 11.3 Å². The molecular formula is C26H34FNO3S2. The quantitative estimate of drug-likeness (QED) is 0.359. The van der Waals surface area contributed by atoms with Crippen LogP contribution in [0.1, 0.15) is 52.4 Å². The van der Waals surface area contributed by atoms with Crippen molar-refractivity contribution in [3.05, 3.63) is 42.2 Å². The third-order valence-electron chi connectivity index (χ3n) is 6.98. The Morgan fingerprint density at radius 2 is 1.91 bits per heavy atom. The first-order chi connectivity index (χ1) is 15.8. The van der Waals surface area contributed by atoms with Crippen molar-refractivity contribution in [1.82, 2.24) is 0 Å². The van der Waals surface area contributed by atoms with Gasteiger partial charge in [0.05, 0.1) is 27.8 Å². The number of anilines is 2. The molecule has 0 bridgehead atoms. The third kappa shape index (κ3) is 5.35. The number of fused-ring (bicyclic) bond motifs is 1. The molecule has 1 fully saturated rings. The van der Waals surface area contributed by atoms with Gasteiger partial charge in [-0.15, -0.1) is 11.8 Å². The van der Waals surface area contributed by atoms with E-state index in [1.54, 1.807) is 30.0 Å². The van der Waals surface area contributed by atoms with Crippen molar-refractivity contribution >= 4 is 33.0 Å². The van der Waals surface area contributed by atoms with E-state index < -0.39 is 9.84 Å². The Morgan fingerprint density at radius 3 is 2.52 bits per heavy atom. The minimum absolute atomic E-state index is 0.113. The summed E-state index contributed by atoms with van der Waals surface area (Å²) in [5.41, 5.74) is 1.09. The smallest absolute Gasteiger partial charge is 0.181 e. The monoisotopic (exact) mass is 491 g/mol. The van der Waals surface area contributed by atoms with E-state index in [9.17, 15) is 12.8 Å². The molecule has 33 heavy (non-hydrogen) atoms. The SMILES string of the molecule is CCCCC1(CC)CN(c2ccc(F)cc2)c2cc(SC)c(OCC3CC3)cc2S(=O)(=O)C1. The number of nitrogens with zero attached hydrogens (tertiary/aromatic N) is 1. The average Bonchev–Trinajstić information content (AvgIpc) is 3.64. The number of sulfone groups is 1. The molecule has 1 unspecified atom stereocenters. The first-order valence-corrected chi connectivity index (χ1v) is 14.8. The summed E-state index contributed by atoms with van der Waals surface area (Å²) in [6, 6.07) is 10.1. The van der Waals surface area contributed by atoms with Crippen LogP contribution < -0.4 is 9.64 Å². The Morgan fingerprint density at radius 1 is 1.18 bits per heavy atom. The van der Waals surface area contributed by atoms with Gasteiger partial charge in [-0.25, -0.2) is 12.8 Å². The minimum atomic E-state index is -3.55. The normalized spacial score (nSPS) is 22.0. The molecule has 1 atom stereocenters. The zero-order valence-electron chi connectivity index (χ0n) is 19.8. The largest absolute Gasteiger partial charge is 0.492 e. The second-order valence-electron chi connectivity index (χ2n) is 9.50. The van der Waals surface area contributed by atoms with Crippen LogP contribution in [0.4, 0.5) is 15.8 Å². The van der Waals surface area contributed by atoms with Crippen LogP contribution in [0, 0.1) is 17.2 Å². The van der Waals surface area contributed by atoms with Gasteiger partial charge < -0.3 is 9.64 Å². The van der Waals surface area contributed by atoms with Crippen molar-refractivity contribution < 1.29 is 17.5 Å². The summed E-state index contributed by atoms with van der Waals surface area (Å²) in [4.78, 5) is 3.33. The average molecular weight is 492 g/mol. The van der Waals surface area contributed by atoms with E-state index >= 15 is 0 Å². The summed E-state index contributed by atoms with van der Waals surface area (Å²) in [5.74, 6) is 1.03. The molecule has 1 aliphatic heterocycles. The summed E-state index contributed by atoms with van der Waals surface area (Å²) < 4.78 is 47.5. The first kappa shape index (κ1) is 24.4. The molecule has 2 aliphatic rings. The van der Waals surface area contributed by atoms with Crippen LogP contribution in [0.25, 0.3) is 0 Å². The number of hydrogen-bond donors (Lipinski definition) is 0. The lowest BCUT2D eigenvalue weighted by atomic mass is 9.81. The van der Waals surface area contributed by atoms with Gasteiger partial charge >= 0.3 is 0 Å². The number of halogens is 1. The maximum atomic E-state index is 13.8. The van der Waals surface area contributed by atoms with E-state index in [2.05, 4.69) is 18.7 Å². The lowest BCUT2D eigenvalue weighted by Crippen LogP contribution is -2.37. The zero-order valence-corrected chi connectivity index (χ0v) is 21.4. The molecule has 2 aromatic rings. The van der Waals surface area contributed by atoms with Crippen molar-refractivity contribution in [2.75, 3.05) is 30.1 Å². The fourth-order valence-electron chi connectivity index (χ4n) is 4.65. The molecule has 0 saturated heterocycles. The number of ether oxygens (including phenoxy) is 1. The van der Waals surface area contributed by atoms with E-state index in [0.29, 0.717) is 35.4 Å². The van der Waals surface area contributed by atoms with Crippen LogP contribution in [-0.4, -0.2) is 33.6 Å². The molecular weight excluding hydrogens is 457 g/mol. The standard InChI is InChI=1S/C26H34FNO3S2/c1-4-6-13-26(5-2)17-28(21-11-9-20(27)10-12-21)22-14-24(32-3)23(31-16-19-7-8-19)15-25(22)33(29,30)18-26/h9-12,14-15,19H,4-8,13,16-18H2,1-3H3. The van der Waals surface area contributed by atoms with Gasteiger partial charge in [0, 0.05) is 23.7 Å². The molecule has 1 saturated carbocycles. The molecule has 2 aromatic carbocycles. The van der Waals surface area contributed by atoms with Crippen LogP contribution >= 0.6 is 11.8 Å². The maximum absolute atomic E-state index is 13.8. The molecule has 4 rings (SSSR count). The summed E-state index contributed by atoms with van der Waals surface area (Å²) in [6.45, 7) is 5.43. The molecule has 180 valence electrons. The van der Waals surface area contributed by atoms with Crippen molar-refractivity contribution in [2.45, 2.75) is 62.2 Å². The van der Waals surface area contributed by atoms with Gasteiger partial charge in [-0.1, -0.05) is 26.7 Å². The van der Waals surface area contributed by atoms with Gasteiger partial charge in [-0.3, -0.25) is 0 Å². The first-order valence-electron chi connectivity index (χ1n) is 11.9. The third-order valence-corrected chi connectivity index (χ3v) is 9.73.